The van der Waals surface area contributed by atoms with Crippen LogP contribution in [0.2, 0.25) is 0 Å². The van der Waals surface area contributed by atoms with Crippen LogP contribution in [0.15, 0.2) is 33.7 Å². The lowest BCUT2D eigenvalue weighted by Crippen LogP contribution is -2.39. The van der Waals surface area contributed by atoms with Crippen LogP contribution in [0.1, 0.15) is 54.4 Å². The number of carbonyl (C=O) groups excluding carboxylic acids is 2. The molecule has 0 saturated heterocycles. The lowest BCUT2D eigenvalue weighted by atomic mass is 10.2. The van der Waals surface area contributed by atoms with Crippen molar-refractivity contribution in [2.75, 3.05) is 0 Å². The highest BCUT2D eigenvalue weighted by molar-refractivity contribution is 5.93. The van der Waals surface area contributed by atoms with E-state index in [-0.39, 0.29) is 30.6 Å². The standard InChI is InChI=1S/C19H24N4O4/c1-2-13-10-15(27-22-13)11-20-18(25)16-8-5-9-23(19(16)26)12-17(24)21-14-6-3-4-7-14/h5,8-10,14H,2-4,6-7,11-12H2,1H3,(H,20,25)(H,21,24). The summed E-state index contributed by atoms with van der Waals surface area (Å²) < 4.78 is 6.36. The van der Waals surface area contributed by atoms with Gasteiger partial charge in [0.05, 0.1) is 12.2 Å². The summed E-state index contributed by atoms with van der Waals surface area (Å²) in [5.74, 6) is -0.206. The zero-order chi connectivity index (χ0) is 19.2. The maximum absolute atomic E-state index is 12.5. The van der Waals surface area contributed by atoms with Crippen LogP contribution in [0.5, 0.6) is 0 Å². The first-order valence-electron chi connectivity index (χ1n) is 9.28. The van der Waals surface area contributed by atoms with Gasteiger partial charge in [-0.3, -0.25) is 14.4 Å². The molecule has 0 aliphatic heterocycles. The molecule has 8 nitrogen and oxygen atoms in total. The monoisotopic (exact) mass is 372 g/mol. The number of hydrogen-bond donors (Lipinski definition) is 2. The third-order valence-corrected chi connectivity index (χ3v) is 4.69. The van der Waals surface area contributed by atoms with Crippen molar-refractivity contribution in [2.24, 2.45) is 0 Å². The number of aromatic nitrogens is 2. The van der Waals surface area contributed by atoms with Crippen molar-refractivity contribution in [3.05, 3.63) is 51.8 Å². The molecular formula is C19H24N4O4. The number of pyridine rings is 1. The number of nitrogens with one attached hydrogen (secondary N) is 2. The molecule has 0 radical (unpaired) electrons. The average molecular weight is 372 g/mol. The Morgan fingerprint density at radius 1 is 1.33 bits per heavy atom. The Bertz CT molecular complexity index is 865. The van der Waals surface area contributed by atoms with Gasteiger partial charge in [0.15, 0.2) is 5.76 Å². The van der Waals surface area contributed by atoms with E-state index < -0.39 is 11.5 Å². The molecule has 144 valence electrons. The molecule has 8 heteroatoms. The number of nitrogens with zero attached hydrogens (tertiary/aromatic N) is 2. The minimum atomic E-state index is -0.514. The van der Waals surface area contributed by atoms with Gasteiger partial charge in [-0.05, 0) is 31.4 Å². The van der Waals surface area contributed by atoms with E-state index in [0.29, 0.717) is 5.76 Å². The van der Waals surface area contributed by atoms with E-state index in [1.807, 2.05) is 6.92 Å². The van der Waals surface area contributed by atoms with Crippen LogP contribution in [0.3, 0.4) is 0 Å². The highest BCUT2D eigenvalue weighted by Gasteiger charge is 2.18. The second-order valence-corrected chi connectivity index (χ2v) is 6.72. The summed E-state index contributed by atoms with van der Waals surface area (Å²) in [5, 5.41) is 9.44. The Kier molecular flexibility index (Phi) is 6.05. The minimum Gasteiger partial charge on any atom is -0.359 e. The summed E-state index contributed by atoms with van der Waals surface area (Å²) in [7, 11) is 0. The Morgan fingerprint density at radius 2 is 2.11 bits per heavy atom. The number of carbonyl (C=O) groups is 2. The van der Waals surface area contributed by atoms with Crippen LogP contribution in [0.25, 0.3) is 0 Å². The molecule has 1 saturated carbocycles. The molecule has 2 heterocycles. The van der Waals surface area contributed by atoms with Gasteiger partial charge < -0.3 is 19.7 Å². The molecule has 2 aromatic heterocycles. The average Bonchev–Trinajstić information content (AvgIpc) is 3.33. The zero-order valence-electron chi connectivity index (χ0n) is 15.4. The molecule has 0 aromatic carbocycles. The molecule has 2 aromatic rings. The highest BCUT2D eigenvalue weighted by Crippen LogP contribution is 2.17. The van der Waals surface area contributed by atoms with Gasteiger partial charge in [0.1, 0.15) is 12.1 Å². The molecule has 3 rings (SSSR count). The SMILES string of the molecule is CCc1cc(CNC(=O)c2cccn(CC(=O)NC3CCCC3)c2=O)on1. The van der Waals surface area contributed by atoms with Crippen LogP contribution in [0.4, 0.5) is 0 Å². The molecule has 0 spiro atoms. The zero-order valence-corrected chi connectivity index (χ0v) is 15.4. The predicted octanol–water partition coefficient (Wildman–Crippen LogP) is 1.39. The molecule has 1 fully saturated rings. The van der Waals surface area contributed by atoms with Gasteiger partial charge in [0.25, 0.3) is 11.5 Å². The highest BCUT2D eigenvalue weighted by atomic mass is 16.5. The van der Waals surface area contributed by atoms with E-state index in [1.54, 1.807) is 12.1 Å². The summed E-state index contributed by atoms with van der Waals surface area (Å²) in [6.45, 7) is 2.00. The van der Waals surface area contributed by atoms with Crippen LogP contribution in [0, 0.1) is 0 Å². The van der Waals surface area contributed by atoms with Crippen molar-refractivity contribution >= 4 is 11.8 Å². The van der Waals surface area contributed by atoms with Crippen LogP contribution in [-0.2, 0) is 24.3 Å². The second-order valence-electron chi connectivity index (χ2n) is 6.72. The summed E-state index contributed by atoms with van der Waals surface area (Å²) in [5.41, 5.74) is 0.291. The number of aryl methyl sites for hydroxylation is 1. The van der Waals surface area contributed by atoms with Gasteiger partial charge >= 0.3 is 0 Å². The van der Waals surface area contributed by atoms with E-state index in [1.165, 1.54) is 16.8 Å². The summed E-state index contributed by atoms with van der Waals surface area (Å²) in [6.07, 6.45) is 6.44. The predicted molar refractivity (Wildman–Crippen MR) is 98.2 cm³/mol. The Hall–Kier alpha value is -2.90. The third kappa shape index (κ3) is 4.84. The normalized spacial score (nSPS) is 14.3. The Labute approximate surface area is 156 Å². The Balaban J connectivity index is 1.61. The summed E-state index contributed by atoms with van der Waals surface area (Å²) >= 11 is 0. The molecule has 0 bridgehead atoms. The van der Waals surface area contributed by atoms with Gasteiger partial charge in [0.2, 0.25) is 5.91 Å². The fourth-order valence-corrected chi connectivity index (χ4v) is 3.20. The van der Waals surface area contributed by atoms with Crippen molar-refractivity contribution in [1.29, 1.82) is 0 Å². The second kappa shape index (κ2) is 8.66. The summed E-state index contributed by atoms with van der Waals surface area (Å²) in [6, 6.07) is 4.98. The first-order chi connectivity index (χ1) is 13.1. The van der Waals surface area contributed by atoms with Gasteiger partial charge in [-0.2, -0.15) is 0 Å². The van der Waals surface area contributed by atoms with Crippen molar-refractivity contribution in [2.45, 2.75) is 58.2 Å². The number of amides is 2. The van der Waals surface area contributed by atoms with E-state index >= 15 is 0 Å². The smallest absolute Gasteiger partial charge is 0.263 e. The van der Waals surface area contributed by atoms with Crippen molar-refractivity contribution in [1.82, 2.24) is 20.4 Å². The van der Waals surface area contributed by atoms with Crippen molar-refractivity contribution in [3.8, 4) is 0 Å². The van der Waals surface area contributed by atoms with Crippen LogP contribution in [-0.4, -0.2) is 27.6 Å². The largest absolute Gasteiger partial charge is 0.359 e. The Morgan fingerprint density at radius 3 is 2.81 bits per heavy atom. The molecule has 0 unspecified atom stereocenters. The van der Waals surface area contributed by atoms with E-state index in [2.05, 4.69) is 15.8 Å². The molecule has 2 amide bonds. The van der Waals surface area contributed by atoms with Crippen LogP contribution < -0.4 is 16.2 Å². The van der Waals surface area contributed by atoms with Gasteiger partial charge in [-0.25, -0.2) is 0 Å². The molecule has 2 N–H and O–H groups in total. The summed E-state index contributed by atoms with van der Waals surface area (Å²) in [4.78, 5) is 37.0. The maximum Gasteiger partial charge on any atom is 0.263 e. The number of rotatable bonds is 7. The molecule has 0 atom stereocenters. The van der Waals surface area contributed by atoms with Crippen molar-refractivity contribution in [3.63, 3.8) is 0 Å². The van der Waals surface area contributed by atoms with Gasteiger partial charge in [-0.15, -0.1) is 0 Å². The van der Waals surface area contributed by atoms with Crippen molar-refractivity contribution < 1.29 is 14.1 Å². The lowest BCUT2D eigenvalue weighted by molar-refractivity contribution is -0.122. The fourth-order valence-electron chi connectivity index (χ4n) is 3.20. The molecule has 27 heavy (non-hydrogen) atoms. The molecular weight excluding hydrogens is 348 g/mol. The first-order valence-corrected chi connectivity index (χ1v) is 9.28. The maximum atomic E-state index is 12.5. The molecule has 1 aliphatic rings. The van der Waals surface area contributed by atoms with E-state index in [0.717, 1.165) is 37.8 Å². The van der Waals surface area contributed by atoms with Gasteiger partial charge in [-0.1, -0.05) is 24.9 Å². The van der Waals surface area contributed by atoms with Gasteiger partial charge in [0, 0.05) is 18.3 Å². The topological polar surface area (TPSA) is 106 Å². The first kappa shape index (κ1) is 18.9. The van der Waals surface area contributed by atoms with E-state index in [9.17, 15) is 14.4 Å². The number of hydrogen-bond acceptors (Lipinski definition) is 5. The minimum absolute atomic E-state index is 0.0126. The fraction of sp³-hybridized carbons (Fsp3) is 0.474. The molecule has 1 aliphatic carbocycles. The third-order valence-electron chi connectivity index (χ3n) is 4.69. The van der Waals surface area contributed by atoms with Crippen LogP contribution >= 0.6 is 0 Å². The van der Waals surface area contributed by atoms with E-state index in [4.69, 9.17) is 4.52 Å². The quantitative estimate of drug-likeness (QED) is 0.764. The lowest BCUT2D eigenvalue weighted by Gasteiger charge is -2.13.